The van der Waals surface area contributed by atoms with E-state index < -0.39 is 20.3 Å². The van der Waals surface area contributed by atoms with Crippen molar-refractivity contribution in [1.29, 1.82) is 0 Å². The molecule has 27 heavy (non-hydrogen) atoms. The molecule has 1 fully saturated rings. The fraction of sp³-hybridized carbons (Fsp3) is 0.167. The molecule has 0 spiro atoms. The van der Waals surface area contributed by atoms with Crippen LogP contribution in [0, 0.1) is 0 Å². The van der Waals surface area contributed by atoms with Gasteiger partial charge in [0.05, 0.1) is 0 Å². The van der Waals surface area contributed by atoms with Crippen LogP contribution in [0.2, 0.25) is 8.26 Å². The van der Waals surface area contributed by atoms with E-state index in [0.717, 1.165) is 3.63 Å². The van der Waals surface area contributed by atoms with Crippen LogP contribution in [-0.4, -0.2) is 0 Å². The smallest absolute Gasteiger partial charge is 1.00 e. The minimum absolute atomic E-state index is 0. The van der Waals surface area contributed by atoms with Crippen LogP contribution in [0.5, 0.6) is 0 Å². The Morgan fingerprint density at radius 1 is 0.778 bits per heavy atom. The molecule has 1 atom stereocenters. The van der Waals surface area contributed by atoms with E-state index in [4.69, 9.17) is 0 Å². The second kappa shape index (κ2) is 7.03. The predicted octanol–water partition coefficient (Wildman–Crippen LogP) is 0.766. The second-order valence-corrected chi connectivity index (χ2v) is 18.9. The third kappa shape index (κ3) is 2.66. The zero-order chi connectivity index (χ0) is 16.4. The van der Waals surface area contributed by atoms with E-state index in [1.807, 2.05) is 3.28 Å². The van der Waals surface area contributed by atoms with Crippen molar-refractivity contribution in [2.45, 2.75) is 18.3 Å². The van der Waals surface area contributed by atoms with Gasteiger partial charge in [-0.2, -0.15) is 0 Å². The summed E-state index contributed by atoms with van der Waals surface area (Å²) in [7, 11) is 0. The molecule has 0 amide bonds. The van der Waals surface area contributed by atoms with Gasteiger partial charge >= 0.3 is 154 Å². The van der Waals surface area contributed by atoms with Crippen LogP contribution >= 0.6 is 0 Å². The van der Waals surface area contributed by atoms with Gasteiger partial charge in [-0.3, -0.25) is 0 Å². The van der Waals surface area contributed by atoms with Crippen molar-refractivity contribution < 1.29 is 45.1 Å². The average Bonchev–Trinajstić information content (AvgIpc) is 3.14. The number of halogens is 2. The number of rotatable bonds is 2. The second-order valence-electron chi connectivity index (χ2n) is 7.75. The Hall–Kier alpha value is -1.14. The SMILES string of the molecule is C1=CC[C]([Zr+2]2([CH]3c4ccccc4-c4ccc5ccccc5c43)[CH2][CH2]2)=C1.[Cl-].[Cl-]. The number of allylic oxidation sites excluding steroid dienone is 4. The van der Waals surface area contributed by atoms with Crippen molar-refractivity contribution in [3.63, 3.8) is 0 Å². The minimum atomic E-state index is -2.30. The van der Waals surface area contributed by atoms with Gasteiger partial charge in [-0.25, -0.2) is 0 Å². The third-order valence-electron chi connectivity index (χ3n) is 6.57. The Morgan fingerprint density at radius 2 is 1.56 bits per heavy atom. The molecule has 1 saturated heterocycles. The molecule has 134 valence electrons. The fourth-order valence-corrected chi connectivity index (χ4v) is 20.3. The van der Waals surface area contributed by atoms with Crippen LogP contribution in [0.25, 0.3) is 21.9 Å². The van der Waals surface area contributed by atoms with Crippen molar-refractivity contribution in [3.8, 4) is 11.1 Å². The van der Waals surface area contributed by atoms with E-state index in [0.29, 0.717) is 0 Å². The van der Waals surface area contributed by atoms with Crippen LogP contribution in [0.15, 0.2) is 82.2 Å². The molecule has 3 aromatic carbocycles. The minimum Gasteiger partial charge on any atom is -1.00 e. The third-order valence-corrected chi connectivity index (χ3v) is 18.7. The van der Waals surface area contributed by atoms with Crippen molar-refractivity contribution in [2.75, 3.05) is 0 Å². The average molecular weight is 471 g/mol. The molecular weight excluding hydrogens is 450 g/mol. The van der Waals surface area contributed by atoms with E-state index in [2.05, 4.69) is 78.9 Å². The molecule has 0 saturated carbocycles. The molecule has 0 N–H and O–H groups in total. The maximum Gasteiger partial charge on any atom is -1.00 e. The molecule has 1 unspecified atom stereocenters. The zero-order valence-electron chi connectivity index (χ0n) is 15.0. The van der Waals surface area contributed by atoms with Gasteiger partial charge < -0.3 is 24.8 Å². The monoisotopic (exact) mass is 468 g/mol. The van der Waals surface area contributed by atoms with Gasteiger partial charge in [-0.1, -0.05) is 0 Å². The first-order valence-corrected chi connectivity index (χ1v) is 15.5. The summed E-state index contributed by atoms with van der Waals surface area (Å²) < 4.78 is 5.64. The first-order chi connectivity index (χ1) is 12.4. The van der Waals surface area contributed by atoms with E-state index >= 15 is 0 Å². The Morgan fingerprint density at radius 3 is 2.33 bits per heavy atom. The Kier molecular flexibility index (Phi) is 5.00. The molecule has 3 aromatic rings. The summed E-state index contributed by atoms with van der Waals surface area (Å²) in [6.07, 6.45) is 8.39. The summed E-state index contributed by atoms with van der Waals surface area (Å²) in [6.45, 7) is 0. The molecule has 3 heteroatoms. The summed E-state index contributed by atoms with van der Waals surface area (Å²) >= 11 is -2.30. The van der Waals surface area contributed by atoms with Gasteiger partial charge in [-0.15, -0.1) is 0 Å². The zero-order valence-corrected chi connectivity index (χ0v) is 18.9. The molecule has 0 radical (unpaired) electrons. The Bertz CT molecular complexity index is 1090. The maximum atomic E-state index is 2.48. The van der Waals surface area contributed by atoms with Gasteiger partial charge in [0.15, 0.2) is 0 Å². The van der Waals surface area contributed by atoms with Gasteiger partial charge in [-0.05, 0) is 0 Å². The summed E-state index contributed by atoms with van der Waals surface area (Å²) in [5.74, 6) is 0. The van der Waals surface area contributed by atoms with E-state index in [-0.39, 0.29) is 24.8 Å². The normalized spacial score (nSPS) is 19.1. The summed E-state index contributed by atoms with van der Waals surface area (Å²) in [5.41, 5.74) is 6.31. The van der Waals surface area contributed by atoms with Crippen LogP contribution in [0.3, 0.4) is 0 Å². The van der Waals surface area contributed by atoms with E-state index in [1.54, 1.807) is 11.1 Å². The van der Waals surface area contributed by atoms with E-state index in [1.165, 1.54) is 36.6 Å². The van der Waals surface area contributed by atoms with Crippen LogP contribution < -0.4 is 24.8 Å². The van der Waals surface area contributed by atoms with Crippen molar-refractivity contribution in [1.82, 2.24) is 0 Å². The molecule has 0 aromatic heterocycles. The molecule has 2 aliphatic carbocycles. The molecule has 0 bridgehead atoms. The standard InChI is InChI=1S/C17H11.C5H5.C2H4.2ClH.Zr/c1-3-7-14-12(5-1)9-10-16-15-8-4-2-6-13(15)11-17(14)16;1-2-4-5-3-1;1-2;;;/h1-11H;1-3H,4H2;1-2H2;2*1H;/q;;;;;+2/p-2. The van der Waals surface area contributed by atoms with E-state index in [9.17, 15) is 0 Å². The summed E-state index contributed by atoms with van der Waals surface area (Å²) in [6, 6.07) is 23.0. The molecule has 1 aliphatic heterocycles. The first-order valence-electron chi connectivity index (χ1n) is 9.36. The van der Waals surface area contributed by atoms with Crippen LogP contribution in [0.4, 0.5) is 0 Å². The number of hydrogen-bond donors (Lipinski definition) is 0. The number of fused-ring (bicyclic) bond motifs is 5. The van der Waals surface area contributed by atoms with Gasteiger partial charge in [0, 0.05) is 0 Å². The Labute approximate surface area is 177 Å². The first kappa shape index (κ1) is 19.2. The predicted molar refractivity (Wildman–Crippen MR) is 103 cm³/mol. The van der Waals surface area contributed by atoms with Crippen molar-refractivity contribution in [3.05, 3.63) is 93.3 Å². The molecular formula is C24H20Cl2Zr. The summed E-state index contributed by atoms with van der Waals surface area (Å²) in [5, 5.41) is 2.90. The van der Waals surface area contributed by atoms with Crippen LogP contribution in [0.1, 0.15) is 21.2 Å². The van der Waals surface area contributed by atoms with Gasteiger partial charge in [0.25, 0.3) is 0 Å². The molecule has 6 rings (SSSR count). The summed E-state index contributed by atoms with van der Waals surface area (Å²) in [4.78, 5) is 0. The topological polar surface area (TPSA) is 0 Å². The number of hydrogen-bond acceptors (Lipinski definition) is 0. The quantitative estimate of drug-likeness (QED) is 0.519. The number of benzene rings is 3. The van der Waals surface area contributed by atoms with Crippen molar-refractivity contribution >= 4 is 10.8 Å². The van der Waals surface area contributed by atoms with Crippen molar-refractivity contribution in [2.24, 2.45) is 0 Å². The van der Waals surface area contributed by atoms with Crippen LogP contribution in [-0.2, 0) is 20.3 Å². The maximum absolute atomic E-state index is 2.48. The molecule has 1 heterocycles. The Balaban J connectivity index is 0.000000900. The fourth-order valence-electron chi connectivity index (χ4n) is 5.31. The van der Waals surface area contributed by atoms with Gasteiger partial charge in [0.2, 0.25) is 0 Å². The molecule has 0 nitrogen and oxygen atoms in total. The van der Waals surface area contributed by atoms with Gasteiger partial charge in [0.1, 0.15) is 0 Å². The largest absolute Gasteiger partial charge is 1.00 e. The molecule has 3 aliphatic rings.